The maximum Gasteiger partial charge on any atom is 0.134 e. The third kappa shape index (κ3) is 2.20. The van der Waals surface area contributed by atoms with Gasteiger partial charge in [-0.15, -0.1) is 0 Å². The molecule has 0 bridgehead atoms. The molecule has 3 nitrogen and oxygen atoms in total. The summed E-state index contributed by atoms with van der Waals surface area (Å²) in [6.45, 7) is 1.98. The van der Waals surface area contributed by atoms with Gasteiger partial charge < -0.3 is 4.42 Å². The van der Waals surface area contributed by atoms with Crippen molar-refractivity contribution in [3.8, 4) is 0 Å². The van der Waals surface area contributed by atoms with Crippen LogP contribution >= 0.6 is 11.6 Å². The summed E-state index contributed by atoms with van der Waals surface area (Å²) in [7, 11) is 0. The summed E-state index contributed by atoms with van der Waals surface area (Å²) in [6.07, 6.45) is 0. The van der Waals surface area contributed by atoms with Gasteiger partial charge in [-0.3, -0.25) is 5.84 Å². The predicted molar refractivity (Wildman–Crippen MR) is 81.6 cm³/mol. The van der Waals surface area contributed by atoms with Gasteiger partial charge in [-0.1, -0.05) is 41.9 Å². The Labute approximate surface area is 122 Å². The van der Waals surface area contributed by atoms with Crippen molar-refractivity contribution < 1.29 is 4.42 Å². The van der Waals surface area contributed by atoms with Crippen molar-refractivity contribution in [1.29, 1.82) is 0 Å². The first-order valence-corrected chi connectivity index (χ1v) is 6.78. The highest BCUT2D eigenvalue weighted by Crippen LogP contribution is 2.31. The van der Waals surface area contributed by atoms with Crippen molar-refractivity contribution in [3.63, 3.8) is 0 Å². The lowest BCUT2D eigenvalue weighted by molar-refractivity contribution is 0.476. The van der Waals surface area contributed by atoms with Crippen LogP contribution in [0.15, 0.2) is 52.9 Å². The number of hydrogen-bond donors (Lipinski definition) is 2. The number of nitrogens with two attached hydrogens (primary N) is 1. The SMILES string of the molecule is Cc1c(Cl)cccc1C(NN)c1cc2ccccc2o1. The van der Waals surface area contributed by atoms with Crippen LogP contribution in [0, 0.1) is 6.92 Å². The molecule has 2 aromatic carbocycles. The van der Waals surface area contributed by atoms with E-state index in [1.165, 1.54) is 0 Å². The van der Waals surface area contributed by atoms with Crippen LogP contribution in [-0.4, -0.2) is 0 Å². The van der Waals surface area contributed by atoms with E-state index >= 15 is 0 Å². The monoisotopic (exact) mass is 286 g/mol. The highest BCUT2D eigenvalue weighted by atomic mass is 35.5. The Kier molecular flexibility index (Phi) is 3.49. The van der Waals surface area contributed by atoms with Crippen LogP contribution in [0.5, 0.6) is 0 Å². The van der Waals surface area contributed by atoms with Crippen molar-refractivity contribution in [2.75, 3.05) is 0 Å². The molecule has 0 aliphatic rings. The minimum Gasteiger partial charge on any atom is -0.459 e. The van der Waals surface area contributed by atoms with E-state index in [1.807, 2.05) is 55.5 Å². The Morgan fingerprint density at radius 2 is 1.95 bits per heavy atom. The van der Waals surface area contributed by atoms with Crippen molar-refractivity contribution in [2.45, 2.75) is 13.0 Å². The molecular formula is C16H15ClN2O. The molecule has 0 amide bonds. The molecule has 3 N–H and O–H groups in total. The molecule has 3 aromatic rings. The fourth-order valence-electron chi connectivity index (χ4n) is 2.41. The van der Waals surface area contributed by atoms with Crippen LogP contribution in [0.4, 0.5) is 0 Å². The third-order valence-electron chi connectivity index (χ3n) is 3.52. The lowest BCUT2D eigenvalue weighted by Gasteiger charge is -2.16. The summed E-state index contributed by atoms with van der Waals surface area (Å²) in [6, 6.07) is 15.4. The molecule has 0 radical (unpaired) electrons. The van der Waals surface area contributed by atoms with Crippen LogP contribution in [0.1, 0.15) is 22.9 Å². The van der Waals surface area contributed by atoms with Gasteiger partial charge in [0.25, 0.3) is 0 Å². The standard InChI is InChI=1S/C16H15ClN2O/c1-10-12(6-4-7-13(10)17)16(19-18)15-9-11-5-2-3-8-14(11)20-15/h2-9,16,19H,18H2,1H3. The molecule has 0 fully saturated rings. The fourth-order valence-corrected chi connectivity index (χ4v) is 2.59. The number of fused-ring (bicyclic) bond motifs is 1. The quantitative estimate of drug-likeness (QED) is 0.566. The number of para-hydroxylation sites is 1. The highest BCUT2D eigenvalue weighted by Gasteiger charge is 2.19. The van der Waals surface area contributed by atoms with Crippen LogP contribution < -0.4 is 11.3 Å². The molecule has 0 saturated carbocycles. The Balaban J connectivity index is 2.11. The van der Waals surface area contributed by atoms with Crippen LogP contribution in [0.3, 0.4) is 0 Å². The lowest BCUT2D eigenvalue weighted by atomic mass is 9.99. The van der Waals surface area contributed by atoms with E-state index in [4.69, 9.17) is 21.9 Å². The summed E-state index contributed by atoms with van der Waals surface area (Å²) in [5.41, 5.74) is 5.67. The molecule has 20 heavy (non-hydrogen) atoms. The van der Waals surface area contributed by atoms with Gasteiger partial charge in [-0.2, -0.15) is 0 Å². The van der Waals surface area contributed by atoms with Crippen LogP contribution in [0.25, 0.3) is 11.0 Å². The molecular weight excluding hydrogens is 272 g/mol. The number of hydrazine groups is 1. The summed E-state index contributed by atoms with van der Waals surface area (Å²) >= 11 is 6.18. The minimum atomic E-state index is -0.221. The normalized spacial score (nSPS) is 12.8. The number of hydrogen-bond acceptors (Lipinski definition) is 3. The van der Waals surface area contributed by atoms with Gasteiger partial charge in [0.05, 0.1) is 0 Å². The highest BCUT2D eigenvalue weighted by molar-refractivity contribution is 6.31. The largest absolute Gasteiger partial charge is 0.459 e. The Morgan fingerprint density at radius 1 is 1.15 bits per heavy atom. The summed E-state index contributed by atoms with van der Waals surface area (Å²) in [5.74, 6) is 6.50. The smallest absolute Gasteiger partial charge is 0.134 e. The molecule has 1 unspecified atom stereocenters. The van der Waals surface area contributed by atoms with Gasteiger partial charge in [-0.25, -0.2) is 5.43 Å². The summed E-state index contributed by atoms with van der Waals surface area (Å²) in [4.78, 5) is 0. The predicted octanol–water partition coefficient (Wildman–Crippen LogP) is 3.95. The number of halogens is 1. The van der Waals surface area contributed by atoms with Gasteiger partial charge in [-0.05, 0) is 36.2 Å². The fraction of sp³-hybridized carbons (Fsp3) is 0.125. The van der Waals surface area contributed by atoms with E-state index in [9.17, 15) is 0 Å². The minimum absolute atomic E-state index is 0.221. The lowest BCUT2D eigenvalue weighted by Crippen LogP contribution is -2.29. The van der Waals surface area contributed by atoms with Crippen LogP contribution in [-0.2, 0) is 0 Å². The Morgan fingerprint density at radius 3 is 2.70 bits per heavy atom. The number of benzene rings is 2. The van der Waals surface area contributed by atoms with E-state index in [2.05, 4.69) is 5.43 Å². The third-order valence-corrected chi connectivity index (χ3v) is 3.93. The number of nitrogens with one attached hydrogen (secondary N) is 1. The van der Waals surface area contributed by atoms with Crippen LogP contribution in [0.2, 0.25) is 5.02 Å². The first kappa shape index (κ1) is 13.2. The molecule has 0 aliphatic carbocycles. The Bertz CT molecular complexity index is 718. The average Bonchev–Trinajstić information content (AvgIpc) is 2.87. The zero-order valence-electron chi connectivity index (χ0n) is 11.1. The zero-order chi connectivity index (χ0) is 14.1. The first-order chi connectivity index (χ1) is 9.70. The second kappa shape index (κ2) is 5.29. The topological polar surface area (TPSA) is 51.2 Å². The van der Waals surface area contributed by atoms with Gasteiger partial charge in [0.1, 0.15) is 17.4 Å². The van der Waals surface area contributed by atoms with Gasteiger partial charge >= 0.3 is 0 Å². The molecule has 0 spiro atoms. The molecule has 102 valence electrons. The van der Waals surface area contributed by atoms with E-state index < -0.39 is 0 Å². The first-order valence-electron chi connectivity index (χ1n) is 6.40. The summed E-state index contributed by atoms with van der Waals surface area (Å²) < 4.78 is 5.88. The van der Waals surface area contributed by atoms with Crippen molar-refractivity contribution in [1.82, 2.24) is 5.43 Å². The van der Waals surface area contributed by atoms with Gasteiger partial charge in [0.15, 0.2) is 0 Å². The zero-order valence-corrected chi connectivity index (χ0v) is 11.8. The number of rotatable bonds is 3. The van der Waals surface area contributed by atoms with E-state index in [0.29, 0.717) is 0 Å². The average molecular weight is 287 g/mol. The molecule has 0 aliphatic heterocycles. The van der Waals surface area contributed by atoms with Crippen molar-refractivity contribution in [3.05, 3.63) is 70.4 Å². The Hall–Kier alpha value is -1.81. The molecule has 1 atom stereocenters. The molecule has 0 saturated heterocycles. The maximum atomic E-state index is 6.18. The summed E-state index contributed by atoms with van der Waals surface area (Å²) in [5, 5.41) is 1.78. The van der Waals surface area contributed by atoms with Gasteiger partial charge in [0, 0.05) is 10.4 Å². The van der Waals surface area contributed by atoms with Gasteiger partial charge in [0.2, 0.25) is 0 Å². The second-order valence-electron chi connectivity index (χ2n) is 4.74. The number of furan rings is 1. The van der Waals surface area contributed by atoms with Crippen molar-refractivity contribution >= 4 is 22.6 Å². The second-order valence-corrected chi connectivity index (χ2v) is 5.15. The van der Waals surface area contributed by atoms with E-state index in [1.54, 1.807) is 0 Å². The van der Waals surface area contributed by atoms with Crippen molar-refractivity contribution in [2.24, 2.45) is 5.84 Å². The molecule has 1 aromatic heterocycles. The van der Waals surface area contributed by atoms with E-state index in [-0.39, 0.29) is 6.04 Å². The molecule has 3 rings (SSSR count). The molecule has 1 heterocycles. The molecule has 4 heteroatoms. The maximum absolute atomic E-state index is 6.18. The van der Waals surface area contributed by atoms with E-state index in [0.717, 1.165) is 32.9 Å².